The van der Waals surface area contributed by atoms with E-state index in [4.69, 9.17) is 23.2 Å². The number of rotatable bonds is 5. The topological polar surface area (TPSA) is 74.8 Å². The third-order valence-electron chi connectivity index (χ3n) is 7.21. The molecule has 3 aliphatic rings. The van der Waals surface area contributed by atoms with Crippen LogP contribution < -0.4 is 0 Å². The van der Waals surface area contributed by atoms with Crippen LogP contribution in [-0.2, 0) is 9.59 Å². The predicted octanol–water partition coefficient (Wildman–Crippen LogP) is 4.66. The summed E-state index contributed by atoms with van der Waals surface area (Å²) in [4.78, 5) is 53.7. The summed E-state index contributed by atoms with van der Waals surface area (Å²) in [5.74, 6) is -3.05. The number of carbonyl (C=O) groups excluding carboxylic acids is 4. The molecule has 0 N–H and O–H groups in total. The molecule has 2 fully saturated rings. The Morgan fingerprint density at radius 1 is 0.941 bits per heavy atom. The molecule has 174 valence electrons. The van der Waals surface area contributed by atoms with Gasteiger partial charge in [0, 0.05) is 10.6 Å². The number of fused-ring (bicyclic) bond motifs is 5. The lowest BCUT2D eigenvalue weighted by Gasteiger charge is -2.31. The van der Waals surface area contributed by atoms with Gasteiger partial charge in [0.25, 0.3) is 17.7 Å². The molecule has 8 heteroatoms. The van der Waals surface area contributed by atoms with E-state index in [1.165, 1.54) is 18.2 Å². The zero-order valence-corrected chi connectivity index (χ0v) is 20.1. The van der Waals surface area contributed by atoms with Crippen molar-refractivity contribution in [3.05, 3.63) is 80.8 Å². The summed E-state index contributed by atoms with van der Waals surface area (Å²) in [5, 5.41) is 2.25. The maximum Gasteiger partial charge on any atom is 0.274 e. The van der Waals surface area contributed by atoms with E-state index in [0.717, 1.165) is 27.6 Å². The van der Waals surface area contributed by atoms with E-state index in [1.54, 1.807) is 12.1 Å². The highest BCUT2D eigenvalue weighted by Crippen LogP contribution is 2.52. The molecule has 2 aromatic carbocycles. The Morgan fingerprint density at radius 2 is 1.59 bits per heavy atom. The van der Waals surface area contributed by atoms with Crippen LogP contribution in [-0.4, -0.2) is 40.1 Å². The quantitative estimate of drug-likeness (QED) is 0.342. The molecule has 2 aliphatic carbocycles. The number of aryl methyl sites for hydroxylation is 2. The molecule has 2 bridgehead atoms. The maximum absolute atomic E-state index is 13.6. The first-order chi connectivity index (χ1) is 16.2. The van der Waals surface area contributed by atoms with Crippen LogP contribution in [0.15, 0.2) is 48.6 Å². The van der Waals surface area contributed by atoms with Gasteiger partial charge in [-0.05, 0) is 67.5 Å². The van der Waals surface area contributed by atoms with Gasteiger partial charge < -0.3 is 0 Å². The van der Waals surface area contributed by atoms with Crippen LogP contribution in [0.4, 0.5) is 0 Å². The van der Waals surface area contributed by atoms with Gasteiger partial charge in [-0.3, -0.25) is 19.2 Å². The highest BCUT2D eigenvalue weighted by atomic mass is 35.5. The second-order valence-corrected chi connectivity index (χ2v) is 10.0. The second-order valence-electron chi connectivity index (χ2n) is 9.20. The molecule has 1 aliphatic heterocycles. The maximum atomic E-state index is 13.6. The SMILES string of the molecule is Cc1ccc(C(=O)CN(C(=O)c2ccc(Cl)cc2Cl)N2C(=O)[C@@H]3[C@@H](C2=O)[C@H]2C=C[C@H]3C2)cc1C. The van der Waals surface area contributed by atoms with Gasteiger partial charge in [0.05, 0.1) is 22.4 Å². The summed E-state index contributed by atoms with van der Waals surface area (Å²) in [7, 11) is 0. The average Bonchev–Trinajstić information content (AvgIpc) is 3.47. The van der Waals surface area contributed by atoms with E-state index in [1.807, 2.05) is 32.1 Å². The Hall–Kier alpha value is -2.96. The summed E-state index contributed by atoms with van der Waals surface area (Å²) in [5.41, 5.74) is 2.40. The molecule has 0 spiro atoms. The highest BCUT2D eigenvalue weighted by Gasteiger charge is 2.61. The number of ketones is 1. The first-order valence-corrected chi connectivity index (χ1v) is 11.9. The fourth-order valence-corrected chi connectivity index (χ4v) is 5.79. The number of halogens is 2. The number of hydrazine groups is 1. The molecule has 4 atom stereocenters. The first-order valence-electron chi connectivity index (χ1n) is 11.1. The van der Waals surface area contributed by atoms with Crippen molar-refractivity contribution in [2.75, 3.05) is 6.54 Å². The third kappa shape index (κ3) is 3.56. The van der Waals surface area contributed by atoms with Gasteiger partial charge in [-0.1, -0.05) is 47.5 Å². The van der Waals surface area contributed by atoms with Gasteiger partial charge in [0.2, 0.25) is 0 Å². The van der Waals surface area contributed by atoms with Gasteiger partial charge in [0.1, 0.15) is 6.54 Å². The molecular weight excluding hydrogens is 475 g/mol. The number of amides is 3. The Morgan fingerprint density at radius 3 is 2.18 bits per heavy atom. The summed E-state index contributed by atoms with van der Waals surface area (Å²) in [6.45, 7) is 3.35. The smallest absolute Gasteiger partial charge is 0.274 e. The summed E-state index contributed by atoms with van der Waals surface area (Å²) < 4.78 is 0. The summed E-state index contributed by atoms with van der Waals surface area (Å²) in [6.07, 6.45) is 4.71. The van der Waals surface area contributed by atoms with Gasteiger partial charge in [0.15, 0.2) is 5.78 Å². The third-order valence-corrected chi connectivity index (χ3v) is 7.75. The van der Waals surface area contributed by atoms with Crippen molar-refractivity contribution in [1.29, 1.82) is 0 Å². The van der Waals surface area contributed by atoms with Crippen molar-refractivity contribution in [3.63, 3.8) is 0 Å². The second kappa shape index (κ2) is 8.36. The van der Waals surface area contributed by atoms with Crippen molar-refractivity contribution in [1.82, 2.24) is 10.0 Å². The average molecular weight is 497 g/mol. The fourth-order valence-electron chi connectivity index (χ4n) is 5.30. The highest BCUT2D eigenvalue weighted by molar-refractivity contribution is 6.36. The fraction of sp³-hybridized carbons (Fsp3) is 0.308. The standard InChI is InChI=1S/C26H22Cl2N2O4/c1-13-3-4-15(9-14(13)2)21(31)12-29(24(32)19-8-7-18(27)11-20(19)28)30-25(33)22-16-5-6-17(10-16)23(22)26(30)34/h3-9,11,16-17,22-23H,10,12H2,1-2H3/t16-,17-,22-,23-/m0/s1. The number of benzene rings is 2. The zero-order chi connectivity index (χ0) is 24.3. The predicted molar refractivity (Wildman–Crippen MR) is 127 cm³/mol. The lowest BCUT2D eigenvalue weighted by molar-refractivity contribution is -0.154. The Kier molecular flexibility index (Phi) is 5.61. The van der Waals surface area contributed by atoms with Crippen molar-refractivity contribution < 1.29 is 19.2 Å². The Bertz CT molecular complexity index is 1260. The number of allylic oxidation sites excluding steroid dienone is 2. The zero-order valence-electron chi connectivity index (χ0n) is 18.6. The minimum atomic E-state index is -0.708. The molecule has 1 saturated heterocycles. The van der Waals surface area contributed by atoms with E-state index in [2.05, 4.69) is 0 Å². The molecule has 6 nitrogen and oxygen atoms in total. The minimum Gasteiger partial charge on any atom is -0.292 e. The van der Waals surface area contributed by atoms with E-state index < -0.39 is 36.1 Å². The molecule has 0 unspecified atom stereocenters. The summed E-state index contributed by atoms with van der Waals surface area (Å²) >= 11 is 12.3. The van der Waals surface area contributed by atoms with Crippen molar-refractivity contribution in [2.45, 2.75) is 20.3 Å². The summed E-state index contributed by atoms with van der Waals surface area (Å²) in [6, 6.07) is 9.57. The van der Waals surface area contributed by atoms with Gasteiger partial charge >= 0.3 is 0 Å². The number of carbonyl (C=O) groups is 4. The molecule has 5 rings (SSSR count). The van der Waals surface area contributed by atoms with Gasteiger partial charge in [-0.2, -0.15) is 5.01 Å². The van der Waals surface area contributed by atoms with Gasteiger partial charge in [-0.25, -0.2) is 5.01 Å². The number of hydrogen-bond donors (Lipinski definition) is 0. The normalized spacial score (nSPS) is 24.6. The van der Waals surface area contributed by atoms with E-state index in [-0.39, 0.29) is 28.2 Å². The van der Waals surface area contributed by atoms with Crippen LogP contribution in [0.2, 0.25) is 10.0 Å². The Labute approximate surface area is 207 Å². The number of nitrogens with zero attached hydrogens (tertiary/aromatic N) is 2. The van der Waals surface area contributed by atoms with E-state index in [9.17, 15) is 19.2 Å². The molecule has 2 aromatic rings. The number of Topliss-reactive ketones (excluding diaryl/α,β-unsaturated/α-hetero) is 1. The van der Waals surface area contributed by atoms with Crippen LogP contribution in [0.3, 0.4) is 0 Å². The minimum absolute atomic E-state index is 0.0250. The van der Waals surface area contributed by atoms with Crippen molar-refractivity contribution >= 4 is 46.7 Å². The van der Waals surface area contributed by atoms with E-state index >= 15 is 0 Å². The van der Waals surface area contributed by atoms with Crippen LogP contribution in [0.25, 0.3) is 0 Å². The molecule has 0 aromatic heterocycles. The van der Waals surface area contributed by atoms with Crippen LogP contribution in [0, 0.1) is 37.5 Å². The van der Waals surface area contributed by atoms with Crippen molar-refractivity contribution in [2.24, 2.45) is 23.7 Å². The molecule has 34 heavy (non-hydrogen) atoms. The van der Waals surface area contributed by atoms with Crippen LogP contribution >= 0.6 is 23.2 Å². The molecule has 1 saturated carbocycles. The lowest BCUT2D eigenvalue weighted by Crippen LogP contribution is -2.52. The Balaban J connectivity index is 1.52. The largest absolute Gasteiger partial charge is 0.292 e. The van der Waals surface area contributed by atoms with Crippen molar-refractivity contribution in [3.8, 4) is 0 Å². The van der Waals surface area contributed by atoms with Gasteiger partial charge in [-0.15, -0.1) is 0 Å². The number of hydrogen-bond acceptors (Lipinski definition) is 4. The number of imide groups is 1. The molecular formula is C26H22Cl2N2O4. The molecule has 3 amide bonds. The lowest BCUT2D eigenvalue weighted by atomic mass is 9.85. The van der Waals surface area contributed by atoms with E-state index in [0.29, 0.717) is 10.6 Å². The van der Waals surface area contributed by atoms with Crippen LogP contribution in [0.5, 0.6) is 0 Å². The first kappa shape index (κ1) is 22.8. The molecule has 1 heterocycles. The molecule has 0 radical (unpaired) electrons. The van der Waals surface area contributed by atoms with Crippen LogP contribution in [0.1, 0.15) is 38.3 Å². The monoisotopic (exact) mass is 496 g/mol.